The molecule has 0 N–H and O–H groups in total. The summed E-state index contributed by atoms with van der Waals surface area (Å²) in [6, 6.07) is 0. The Morgan fingerprint density at radius 2 is 1.10 bits per heavy atom. The molecule has 8 nitrogen and oxygen atoms in total. The molecule has 0 aromatic rings. The lowest BCUT2D eigenvalue weighted by molar-refractivity contribution is -0.148. The first-order valence-electron chi connectivity index (χ1n) is 13.9. The minimum absolute atomic E-state index is 0.118. The van der Waals surface area contributed by atoms with Gasteiger partial charge < -0.3 is 9.11 Å². The number of amides is 4. The summed E-state index contributed by atoms with van der Waals surface area (Å²) >= 11 is 0.853. The van der Waals surface area contributed by atoms with E-state index in [1.165, 1.54) is 9.80 Å². The fourth-order valence-electron chi connectivity index (χ4n) is 5.34. The minimum Gasteiger partial charge on any atom is -0.616 e. The van der Waals surface area contributed by atoms with Crippen LogP contribution in [0.3, 0.4) is 0 Å². The van der Waals surface area contributed by atoms with Crippen LogP contribution in [0.4, 0.5) is 0 Å². The second kappa shape index (κ2) is 13.2. The van der Waals surface area contributed by atoms with Gasteiger partial charge in [-0.05, 0) is 70.4 Å². The Morgan fingerprint density at radius 1 is 0.725 bits per heavy atom. The Bertz CT molecular complexity index is 1010. The highest BCUT2D eigenvalue weighted by atomic mass is 32.2. The van der Waals surface area contributed by atoms with E-state index in [-0.39, 0.29) is 46.3 Å². The third kappa shape index (κ3) is 7.92. The van der Waals surface area contributed by atoms with Crippen LogP contribution < -0.4 is 0 Å². The molecule has 222 valence electrons. The van der Waals surface area contributed by atoms with Crippen molar-refractivity contribution in [2.45, 2.75) is 53.4 Å². The maximum atomic E-state index is 12.8. The summed E-state index contributed by atoms with van der Waals surface area (Å²) in [5.74, 6) is 2.08. The Balaban J connectivity index is 1.17. The molecule has 4 heterocycles. The molecule has 0 spiro atoms. The van der Waals surface area contributed by atoms with Gasteiger partial charge >= 0.3 is 0 Å². The highest BCUT2D eigenvalue weighted by Gasteiger charge is 2.42. The number of nitrogens with zero attached hydrogens (tertiary/aromatic N) is 2. The molecule has 0 aromatic heterocycles. The van der Waals surface area contributed by atoms with Crippen LogP contribution in [0.2, 0.25) is 0 Å². The molecule has 4 amide bonds. The van der Waals surface area contributed by atoms with Crippen LogP contribution in [0.5, 0.6) is 0 Å². The molecule has 0 saturated carbocycles. The summed E-state index contributed by atoms with van der Waals surface area (Å²) in [6.45, 7) is 8.52. The lowest BCUT2D eigenvalue weighted by Crippen LogP contribution is -2.47. The van der Waals surface area contributed by atoms with Crippen molar-refractivity contribution in [2.75, 3.05) is 47.6 Å². The van der Waals surface area contributed by atoms with Crippen LogP contribution in [0, 0.1) is 22.7 Å². The maximum absolute atomic E-state index is 12.8. The molecular weight excluding hydrogens is 589 g/mol. The second-order valence-corrected chi connectivity index (χ2v) is 18.3. The van der Waals surface area contributed by atoms with Gasteiger partial charge in [0.15, 0.2) is 0 Å². The number of hydrogen-bond donors (Lipinski definition) is 0. The Kier molecular flexibility index (Phi) is 10.5. The van der Waals surface area contributed by atoms with E-state index in [2.05, 4.69) is 0 Å². The van der Waals surface area contributed by atoms with Crippen molar-refractivity contribution in [2.24, 2.45) is 22.7 Å². The van der Waals surface area contributed by atoms with Crippen LogP contribution >= 0.6 is 23.5 Å². The monoisotopic (exact) mass is 628 g/mol. The fraction of sp³-hybridized carbons (Fsp3) is 0.714. The predicted octanol–water partition coefficient (Wildman–Crippen LogP) is 3.33. The SMILES string of the molecule is CC(C)(CC[S+]([O-])CC[S+]([O-])CCC(C)(C)CN1C(=O)C=C2SCCC2C1=O)CN1C(=O)C=C2SCCC2C1=O. The lowest BCUT2D eigenvalue weighted by Gasteiger charge is -2.34. The molecule has 0 bridgehead atoms. The van der Waals surface area contributed by atoms with Crippen molar-refractivity contribution in [1.82, 2.24) is 9.80 Å². The fourth-order valence-corrected chi connectivity index (χ4v) is 11.2. The number of carbonyl (C=O) groups excluding carboxylic acids is 4. The summed E-state index contributed by atoms with van der Waals surface area (Å²) in [6.07, 6.45) is 5.89. The van der Waals surface area contributed by atoms with Crippen LogP contribution in [-0.4, -0.2) is 90.1 Å². The quantitative estimate of drug-likeness (QED) is 0.225. The van der Waals surface area contributed by atoms with E-state index in [9.17, 15) is 28.3 Å². The predicted molar refractivity (Wildman–Crippen MR) is 163 cm³/mol. The molecule has 0 aromatic carbocycles. The standard InChI is InChI=1S/C28H40N2O6S4/c1-27(2,17-29-23(31)15-21-19(25(29)33)5-9-37-21)7-11-39(35)13-14-40(36)12-8-28(3,4)18-30-24(32)16-22-20(26(30)34)6-10-38-22/h15-16,19-20H,5-14,17-18H2,1-4H3. The molecule has 4 aliphatic heterocycles. The van der Waals surface area contributed by atoms with Gasteiger partial charge in [0.05, 0.1) is 11.8 Å². The molecule has 2 saturated heterocycles. The van der Waals surface area contributed by atoms with Crippen LogP contribution in [0.15, 0.2) is 22.0 Å². The molecule has 40 heavy (non-hydrogen) atoms. The van der Waals surface area contributed by atoms with Crippen LogP contribution in [0.1, 0.15) is 53.4 Å². The largest absolute Gasteiger partial charge is 0.616 e. The third-order valence-electron chi connectivity index (χ3n) is 7.95. The highest BCUT2D eigenvalue weighted by Crippen LogP contribution is 2.41. The number of thioether (sulfide) groups is 2. The van der Waals surface area contributed by atoms with Gasteiger partial charge in [0, 0.05) is 35.1 Å². The van der Waals surface area contributed by atoms with E-state index < -0.39 is 22.4 Å². The molecule has 12 heteroatoms. The van der Waals surface area contributed by atoms with Gasteiger partial charge in [-0.2, -0.15) is 0 Å². The maximum Gasteiger partial charge on any atom is 0.254 e. The Labute approximate surface area is 252 Å². The first kappa shape index (κ1) is 32.0. The van der Waals surface area contributed by atoms with E-state index in [0.717, 1.165) is 34.2 Å². The zero-order valence-electron chi connectivity index (χ0n) is 23.8. The van der Waals surface area contributed by atoms with Crippen molar-refractivity contribution < 1.29 is 28.3 Å². The van der Waals surface area contributed by atoms with E-state index in [4.69, 9.17) is 0 Å². The van der Waals surface area contributed by atoms with Crippen molar-refractivity contribution >= 4 is 69.5 Å². The zero-order valence-corrected chi connectivity index (χ0v) is 27.0. The smallest absolute Gasteiger partial charge is 0.254 e. The number of fused-ring (bicyclic) bond motifs is 2. The summed E-state index contributed by atoms with van der Waals surface area (Å²) in [7, 11) is 0. The summed E-state index contributed by atoms with van der Waals surface area (Å²) in [5, 5.41) is 0. The van der Waals surface area contributed by atoms with E-state index in [1.54, 1.807) is 35.7 Å². The molecule has 0 radical (unpaired) electrons. The molecule has 4 aliphatic rings. The number of imide groups is 2. The van der Waals surface area contributed by atoms with Crippen molar-refractivity contribution in [1.29, 1.82) is 0 Å². The van der Waals surface area contributed by atoms with Crippen LogP contribution in [-0.2, 0) is 41.5 Å². The lowest BCUT2D eigenvalue weighted by atomic mass is 9.88. The second-order valence-electron chi connectivity index (χ2n) is 12.5. The van der Waals surface area contributed by atoms with Gasteiger partial charge in [-0.15, -0.1) is 23.5 Å². The van der Waals surface area contributed by atoms with Crippen molar-refractivity contribution in [3.63, 3.8) is 0 Å². The van der Waals surface area contributed by atoms with Crippen LogP contribution in [0.25, 0.3) is 0 Å². The molecule has 2 fully saturated rings. The summed E-state index contributed by atoms with van der Waals surface area (Å²) in [4.78, 5) is 55.3. The van der Waals surface area contributed by atoms with Gasteiger partial charge in [0.25, 0.3) is 11.8 Å². The first-order chi connectivity index (χ1) is 18.8. The van der Waals surface area contributed by atoms with Crippen molar-refractivity contribution in [3.05, 3.63) is 22.0 Å². The summed E-state index contributed by atoms with van der Waals surface area (Å²) < 4.78 is 25.4. The molecular formula is C28H40N2O6S4. The third-order valence-corrected chi connectivity index (χ3v) is 13.2. The topological polar surface area (TPSA) is 121 Å². The van der Waals surface area contributed by atoms with Crippen molar-refractivity contribution in [3.8, 4) is 0 Å². The Hall–Kier alpha value is -0.920. The molecule has 4 atom stereocenters. The molecule has 4 unspecified atom stereocenters. The number of carbonyl (C=O) groups is 4. The normalized spacial score (nSPS) is 25.1. The zero-order chi connectivity index (χ0) is 29.2. The number of rotatable bonds is 13. The molecule has 4 rings (SSSR count). The number of hydrogen-bond acceptors (Lipinski definition) is 8. The van der Waals surface area contributed by atoms with Gasteiger partial charge in [-0.1, -0.05) is 27.7 Å². The van der Waals surface area contributed by atoms with Gasteiger partial charge in [0.2, 0.25) is 11.8 Å². The molecule has 0 aliphatic carbocycles. The Morgan fingerprint density at radius 3 is 1.48 bits per heavy atom. The first-order valence-corrected chi connectivity index (χ1v) is 18.8. The van der Waals surface area contributed by atoms with Gasteiger partial charge in [-0.25, -0.2) is 0 Å². The average Bonchev–Trinajstić information content (AvgIpc) is 3.55. The van der Waals surface area contributed by atoms with E-state index >= 15 is 0 Å². The summed E-state index contributed by atoms with van der Waals surface area (Å²) in [5.41, 5.74) is -0.755. The van der Waals surface area contributed by atoms with Gasteiger partial charge in [0.1, 0.15) is 23.0 Å². The van der Waals surface area contributed by atoms with E-state index in [0.29, 0.717) is 48.9 Å². The minimum atomic E-state index is -1.16. The average molecular weight is 629 g/mol. The van der Waals surface area contributed by atoms with Gasteiger partial charge in [-0.3, -0.25) is 29.0 Å². The highest BCUT2D eigenvalue weighted by molar-refractivity contribution is 8.03. The van der Waals surface area contributed by atoms with E-state index in [1.807, 2.05) is 27.7 Å².